The molecule has 1 aliphatic heterocycles. The average Bonchev–Trinajstić information content (AvgIpc) is 3.07. The Hall–Kier alpha value is -1.56. The molecule has 1 fully saturated rings. The topological polar surface area (TPSA) is 56.7 Å². The zero-order valence-corrected chi connectivity index (χ0v) is 15.2. The predicted molar refractivity (Wildman–Crippen MR) is 97.9 cm³/mol. The third kappa shape index (κ3) is 5.86. The van der Waals surface area contributed by atoms with Crippen molar-refractivity contribution in [2.75, 3.05) is 32.7 Å². The van der Waals surface area contributed by atoms with E-state index in [1.54, 1.807) is 0 Å². The second kappa shape index (κ2) is 9.55. The van der Waals surface area contributed by atoms with E-state index in [0.29, 0.717) is 12.1 Å². The molecule has 0 saturated carbocycles. The Morgan fingerprint density at radius 3 is 2.78 bits per heavy atom. The van der Waals surface area contributed by atoms with Crippen molar-refractivity contribution in [2.45, 2.75) is 26.2 Å². The summed E-state index contributed by atoms with van der Waals surface area (Å²) in [5, 5.41) is 6.28. The molecule has 1 heterocycles. The summed E-state index contributed by atoms with van der Waals surface area (Å²) in [6, 6.07) is 7.41. The summed E-state index contributed by atoms with van der Waals surface area (Å²) in [5.74, 6) is 0.963. The molecular formula is C17H25BrN4O. The Morgan fingerprint density at radius 1 is 1.30 bits per heavy atom. The van der Waals surface area contributed by atoms with E-state index in [0.717, 1.165) is 43.0 Å². The van der Waals surface area contributed by atoms with Crippen LogP contribution in [0.25, 0.3) is 0 Å². The lowest BCUT2D eigenvalue weighted by Crippen LogP contribution is -2.39. The van der Waals surface area contributed by atoms with Gasteiger partial charge in [-0.15, -0.1) is 0 Å². The number of benzene rings is 1. The van der Waals surface area contributed by atoms with E-state index in [1.165, 1.54) is 12.8 Å². The third-order valence-corrected chi connectivity index (χ3v) is 4.20. The molecule has 23 heavy (non-hydrogen) atoms. The molecule has 6 heteroatoms. The van der Waals surface area contributed by atoms with E-state index in [-0.39, 0.29) is 5.91 Å². The van der Waals surface area contributed by atoms with Gasteiger partial charge in [0.15, 0.2) is 5.96 Å². The van der Waals surface area contributed by atoms with Gasteiger partial charge < -0.3 is 15.5 Å². The van der Waals surface area contributed by atoms with Crippen LogP contribution in [0.15, 0.2) is 33.7 Å². The molecule has 1 aromatic carbocycles. The molecule has 1 aromatic rings. The van der Waals surface area contributed by atoms with Gasteiger partial charge in [0.05, 0.1) is 0 Å². The number of guanidine groups is 1. The SMILES string of the molecule is CCNC(=NCCCNC(=O)c1cccc(Br)c1)N1CCCC1. The van der Waals surface area contributed by atoms with Crippen LogP contribution >= 0.6 is 15.9 Å². The van der Waals surface area contributed by atoms with Crippen LogP contribution in [-0.4, -0.2) is 49.5 Å². The van der Waals surface area contributed by atoms with Gasteiger partial charge >= 0.3 is 0 Å². The fourth-order valence-corrected chi connectivity index (χ4v) is 2.95. The number of carbonyl (C=O) groups excluding carboxylic acids is 1. The maximum Gasteiger partial charge on any atom is 0.251 e. The second-order valence-corrected chi connectivity index (χ2v) is 6.47. The number of amides is 1. The van der Waals surface area contributed by atoms with Crippen LogP contribution in [0.2, 0.25) is 0 Å². The molecule has 0 aliphatic carbocycles. The van der Waals surface area contributed by atoms with Crippen LogP contribution in [-0.2, 0) is 0 Å². The Labute approximate surface area is 146 Å². The third-order valence-electron chi connectivity index (χ3n) is 3.71. The number of rotatable bonds is 6. The maximum atomic E-state index is 12.0. The van der Waals surface area contributed by atoms with Crippen LogP contribution in [0.3, 0.4) is 0 Å². The van der Waals surface area contributed by atoms with Crippen molar-refractivity contribution in [2.24, 2.45) is 4.99 Å². The van der Waals surface area contributed by atoms with Gasteiger partial charge in [-0.3, -0.25) is 9.79 Å². The van der Waals surface area contributed by atoms with Crippen LogP contribution < -0.4 is 10.6 Å². The summed E-state index contributed by atoms with van der Waals surface area (Å²) in [5.41, 5.74) is 0.674. The lowest BCUT2D eigenvalue weighted by atomic mass is 10.2. The van der Waals surface area contributed by atoms with Gasteiger partial charge in [0.25, 0.3) is 5.91 Å². The van der Waals surface area contributed by atoms with Crippen LogP contribution in [0, 0.1) is 0 Å². The van der Waals surface area contributed by atoms with Crippen molar-refractivity contribution in [3.8, 4) is 0 Å². The number of hydrogen-bond acceptors (Lipinski definition) is 2. The highest BCUT2D eigenvalue weighted by Crippen LogP contribution is 2.11. The van der Waals surface area contributed by atoms with Crippen LogP contribution in [0.5, 0.6) is 0 Å². The van der Waals surface area contributed by atoms with Crippen molar-refractivity contribution in [3.63, 3.8) is 0 Å². The summed E-state index contributed by atoms with van der Waals surface area (Å²) in [6.45, 7) is 6.50. The molecule has 0 aromatic heterocycles. The van der Waals surface area contributed by atoms with E-state index in [1.807, 2.05) is 24.3 Å². The maximum absolute atomic E-state index is 12.0. The van der Waals surface area contributed by atoms with Gasteiger partial charge in [-0.05, 0) is 44.4 Å². The van der Waals surface area contributed by atoms with Crippen molar-refractivity contribution in [3.05, 3.63) is 34.3 Å². The van der Waals surface area contributed by atoms with E-state index >= 15 is 0 Å². The molecule has 1 amide bonds. The first-order valence-corrected chi connectivity index (χ1v) is 9.07. The summed E-state index contributed by atoms with van der Waals surface area (Å²) in [6.07, 6.45) is 3.32. The number of nitrogens with zero attached hydrogens (tertiary/aromatic N) is 2. The second-order valence-electron chi connectivity index (χ2n) is 5.55. The number of nitrogens with one attached hydrogen (secondary N) is 2. The van der Waals surface area contributed by atoms with Gasteiger partial charge in [-0.2, -0.15) is 0 Å². The Kier molecular flexibility index (Phi) is 7.39. The Morgan fingerprint density at radius 2 is 2.09 bits per heavy atom. The monoisotopic (exact) mass is 380 g/mol. The minimum Gasteiger partial charge on any atom is -0.357 e. The van der Waals surface area contributed by atoms with Gasteiger partial charge in [-0.25, -0.2) is 0 Å². The zero-order valence-electron chi connectivity index (χ0n) is 13.6. The molecule has 126 valence electrons. The average molecular weight is 381 g/mol. The van der Waals surface area contributed by atoms with Crippen molar-refractivity contribution >= 4 is 27.8 Å². The molecule has 5 nitrogen and oxygen atoms in total. The van der Waals surface area contributed by atoms with Crippen LogP contribution in [0.4, 0.5) is 0 Å². The zero-order chi connectivity index (χ0) is 16.5. The summed E-state index contributed by atoms with van der Waals surface area (Å²) in [4.78, 5) is 19.0. The largest absolute Gasteiger partial charge is 0.357 e. The highest BCUT2D eigenvalue weighted by atomic mass is 79.9. The molecule has 0 radical (unpaired) electrons. The molecule has 0 bridgehead atoms. The molecule has 0 spiro atoms. The molecule has 1 saturated heterocycles. The first-order valence-electron chi connectivity index (χ1n) is 8.27. The highest BCUT2D eigenvalue weighted by molar-refractivity contribution is 9.10. The van der Waals surface area contributed by atoms with Gasteiger partial charge in [-0.1, -0.05) is 22.0 Å². The van der Waals surface area contributed by atoms with Crippen LogP contribution in [0.1, 0.15) is 36.5 Å². The number of likely N-dealkylation sites (tertiary alicyclic amines) is 1. The fourth-order valence-electron chi connectivity index (χ4n) is 2.55. The van der Waals surface area contributed by atoms with Crippen molar-refractivity contribution < 1.29 is 4.79 Å². The van der Waals surface area contributed by atoms with Gasteiger partial charge in [0.2, 0.25) is 0 Å². The number of aliphatic imine (C=N–C) groups is 1. The summed E-state index contributed by atoms with van der Waals surface area (Å²) in [7, 11) is 0. The minimum atomic E-state index is -0.0401. The molecular weight excluding hydrogens is 356 g/mol. The first-order chi connectivity index (χ1) is 11.2. The number of carbonyl (C=O) groups is 1. The van der Waals surface area contributed by atoms with Gasteiger partial charge in [0.1, 0.15) is 0 Å². The lowest BCUT2D eigenvalue weighted by Gasteiger charge is -2.20. The number of hydrogen-bond donors (Lipinski definition) is 2. The summed E-state index contributed by atoms with van der Waals surface area (Å²) < 4.78 is 0.913. The summed E-state index contributed by atoms with van der Waals surface area (Å²) >= 11 is 3.38. The molecule has 2 rings (SSSR count). The minimum absolute atomic E-state index is 0.0401. The van der Waals surface area contributed by atoms with E-state index in [2.05, 4.69) is 43.4 Å². The van der Waals surface area contributed by atoms with Crippen molar-refractivity contribution in [1.29, 1.82) is 0 Å². The van der Waals surface area contributed by atoms with E-state index in [9.17, 15) is 4.79 Å². The Bertz CT molecular complexity index is 541. The van der Waals surface area contributed by atoms with E-state index in [4.69, 9.17) is 0 Å². The normalized spacial score (nSPS) is 14.9. The van der Waals surface area contributed by atoms with E-state index < -0.39 is 0 Å². The number of halogens is 1. The van der Waals surface area contributed by atoms with Gasteiger partial charge in [0, 0.05) is 42.8 Å². The Balaban J connectivity index is 1.73. The fraction of sp³-hybridized carbons (Fsp3) is 0.529. The molecule has 0 atom stereocenters. The van der Waals surface area contributed by atoms with Crippen molar-refractivity contribution in [1.82, 2.24) is 15.5 Å². The molecule has 2 N–H and O–H groups in total. The predicted octanol–water partition coefficient (Wildman–Crippen LogP) is 2.63. The molecule has 0 unspecified atom stereocenters. The standard InChI is InChI=1S/C17H25BrN4O/c1-2-19-17(22-11-3-4-12-22)21-10-6-9-20-16(23)14-7-5-8-15(18)13-14/h5,7-8,13H,2-4,6,9-12H2,1H3,(H,19,21)(H,20,23). The molecule has 1 aliphatic rings. The quantitative estimate of drug-likeness (QED) is 0.453. The highest BCUT2D eigenvalue weighted by Gasteiger charge is 2.15. The first kappa shape index (κ1) is 17.8. The lowest BCUT2D eigenvalue weighted by molar-refractivity contribution is 0.0953. The smallest absolute Gasteiger partial charge is 0.251 e.